The minimum Gasteiger partial charge on any atom is -0.504 e. The van der Waals surface area contributed by atoms with Crippen LogP contribution in [0.25, 0.3) is 11.0 Å². The molecule has 0 spiro atoms. The first kappa shape index (κ1) is 37.1. The van der Waals surface area contributed by atoms with Gasteiger partial charge in [0, 0.05) is 17.6 Å². The van der Waals surface area contributed by atoms with Crippen LogP contribution in [0.1, 0.15) is 22.0 Å². The first-order chi connectivity index (χ1) is 25.7. The second kappa shape index (κ2) is 15.2. The summed E-state index contributed by atoms with van der Waals surface area (Å²) in [5.74, 6) is -7.73. The fourth-order valence-electron chi connectivity index (χ4n) is 5.43. The summed E-state index contributed by atoms with van der Waals surface area (Å²) in [7, 11) is 0. The number of tetrazole rings is 1. The number of hydrogen-bond acceptors (Lipinski definition) is 16. The second-order valence-corrected chi connectivity index (χ2v) is 13.5. The number of phenolic OH excluding ortho intramolecular Hbond substituents is 2. The number of thioether (sulfide) groups is 2. The Hall–Kier alpha value is -6.62. The molecule has 1 fully saturated rings. The zero-order chi connectivity index (χ0) is 38.8. The highest BCUT2D eigenvalue weighted by molar-refractivity contribution is 8.01. The molecule has 280 valence electrons. The van der Waals surface area contributed by atoms with Crippen molar-refractivity contribution in [3.63, 3.8) is 0 Å². The van der Waals surface area contributed by atoms with Crippen LogP contribution in [0.2, 0.25) is 0 Å². The normalized spacial score (nSPS) is 17.0. The van der Waals surface area contributed by atoms with Gasteiger partial charge >= 0.3 is 17.9 Å². The number of hydrogen-bond donors (Lipinski definition) is 7. The molecule has 1 saturated heterocycles. The van der Waals surface area contributed by atoms with Crippen molar-refractivity contribution < 1.29 is 63.5 Å². The van der Waals surface area contributed by atoms with Gasteiger partial charge in [0.25, 0.3) is 11.8 Å². The Kier molecular flexibility index (Phi) is 10.4. The number of aliphatic carboxylic acids is 3. The third-order valence-corrected chi connectivity index (χ3v) is 10.3. The van der Waals surface area contributed by atoms with Gasteiger partial charge in [-0.2, -0.15) is 0 Å². The number of fused-ring (bicyclic) bond motifs is 2. The molecule has 23 heteroatoms. The zero-order valence-corrected chi connectivity index (χ0v) is 28.7. The number of carbonyl (C=O) groups is 6. The van der Waals surface area contributed by atoms with E-state index in [1.807, 2.05) is 0 Å². The molecule has 2 aromatic heterocycles. The second-order valence-electron chi connectivity index (χ2n) is 11.4. The van der Waals surface area contributed by atoms with Gasteiger partial charge in [0.2, 0.25) is 16.5 Å². The Labute approximate surface area is 308 Å². The number of nitrogens with one attached hydrogen (secondary N) is 2. The zero-order valence-electron chi connectivity index (χ0n) is 27.1. The van der Waals surface area contributed by atoms with E-state index in [9.17, 15) is 48.9 Å². The van der Waals surface area contributed by atoms with Gasteiger partial charge in [-0.15, -0.1) is 16.9 Å². The molecule has 0 saturated carbocycles. The lowest BCUT2D eigenvalue weighted by molar-refractivity contribution is -0.151. The molecule has 2 aromatic carbocycles. The molecule has 0 bridgehead atoms. The van der Waals surface area contributed by atoms with Crippen molar-refractivity contribution in [2.75, 3.05) is 18.1 Å². The minimum atomic E-state index is -1.59. The van der Waals surface area contributed by atoms with Gasteiger partial charge in [0.05, 0.1) is 5.39 Å². The number of β-lactam (4-membered cyclic amide) rings is 1. The number of ether oxygens (including phenoxy) is 1. The van der Waals surface area contributed by atoms with E-state index in [2.05, 4.69) is 26.2 Å². The van der Waals surface area contributed by atoms with Gasteiger partial charge in [-0.25, -0.2) is 14.3 Å². The SMILES string of the molecule is O=C(O)COc1ccc(C(NC(=O)c2coc3cc(O)c(O)cc3c2=O)C(=O)N[C@@H]2C(=O)N3C(C(=O)O)=C(CSc4nnnn4CC(=O)O)CS[C@H]23)cc1. The minimum absolute atomic E-state index is 0.00796. The van der Waals surface area contributed by atoms with Gasteiger partial charge < -0.3 is 45.3 Å². The van der Waals surface area contributed by atoms with Crippen molar-refractivity contribution in [3.8, 4) is 17.2 Å². The van der Waals surface area contributed by atoms with E-state index in [0.29, 0.717) is 5.57 Å². The van der Waals surface area contributed by atoms with Crippen LogP contribution < -0.4 is 20.8 Å². The number of amides is 3. The topological polar surface area (TPSA) is 314 Å². The Bertz CT molecular complexity index is 2310. The number of aromatic hydroxyl groups is 2. The number of nitrogens with zero attached hydrogens (tertiary/aromatic N) is 5. The number of carboxylic acids is 3. The highest BCUT2D eigenvalue weighted by Gasteiger charge is 2.54. The monoisotopic (exact) mass is 783 g/mol. The van der Waals surface area contributed by atoms with E-state index in [0.717, 1.165) is 51.5 Å². The van der Waals surface area contributed by atoms with Crippen molar-refractivity contribution in [1.29, 1.82) is 0 Å². The summed E-state index contributed by atoms with van der Waals surface area (Å²) in [6.07, 6.45) is 0.794. The number of carbonyl (C=O) groups excluding carboxylic acids is 3. The van der Waals surface area contributed by atoms with E-state index in [4.69, 9.17) is 19.4 Å². The number of rotatable bonds is 14. The fourth-order valence-corrected chi connectivity index (χ4v) is 7.79. The summed E-state index contributed by atoms with van der Waals surface area (Å²) in [5, 5.41) is 62.4. The molecular formula is C31H25N7O14S2. The molecule has 4 aromatic rings. The number of carboxylic acid groups (broad SMARTS) is 3. The highest BCUT2D eigenvalue weighted by atomic mass is 32.2. The van der Waals surface area contributed by atoms with E-state index in [1.54, 1.807) is 0 Å². The predicted octanol–water partition coefficient (Wildman–Crippen LogP) is -0.259. The Morgan fingerprint density at radius 3 is 2.44 bits per heavy atom. The first-order valence-electron chi connectivity index (χ1n) is 15.3. The average Bonchev–Trinajstić information content (AvgIpc) is 3.57. The van der Waals surface area contributed by atoms with Crippen LogP contribution in [-0.4, -0.2) is 116 Å². The van der Waals surface area contributed by atoms with E-state index < -0.39 is 88.7 Å². The maximum atomic E-state index is 13.9. The summed E-state index contributed by atoms with van der Waals surface area (Å²) in [6.45, 7) is -1.19. The molecule has 4 heterocycles. The lowest BCUT2D eigenvalue weighted by atomic mass is 10.0. The highest BCUT2D eigenvalue weighted by Crippen LogP contribution is 2.41. The summed E-state index contributed by atoms with van der Waals surface area (Å²) in [5.41, 5.74) is -1.56. The van der Waals surface area contributed by atoms with Crippen molar-refractivity contribution in [1.82, 2.24) is 35.7 Å². The summed E-state index contributed by atoms with van der Waals surface area (Å²) in [6, 6.07) is 4.32. The van der Waals surface area contributed by atoms with Crippen LogP contribution >= 0.6 is 23.5 Å². The quantitative estimate of drug-likeness (QED) is 0.0492. The van der Waals surface area contributed by atoms with E-state index in [1.165, 1.54) is 24.3 Å². The molecule has 54 heavy (non-hydrogen) atoms. The predicted molar refractivity (Wildman–Crippen MR) is 181 cm³/mol. The molecular weight excluding hydrogens is 759 g/mol. The fraction of sp³-hybridized carbons (Fsp3) is 0.226. The lowest BCUT2D eigenvalue weighted by Gasteiger charge is -2.49. The lowest BCUT2D eigenvalue weighted by Crippen LogP contribution is -2.71. The van der Waals surface area contributed by atoms with Gasteiger partial charge in [-0.05, 0) is 39.8 Å². The number of benzene rings is 2. The maximum absolute atomic E-state index is 13.9. The van der Waals surface area contributed by atoms with Crippen molar-refractivity contribution in [3.05, 3.63) is 75.3 Å². The molecule has 1 unspecified atom stereocenters. The standard InChI is InChI=1S/C31H25N7O14S2/c39-17-5-15-19(6-18(17)40)52-8-16(25(15)45)26(46)32-22(12-1-3-14(4-2-12)51-9-21(43)44)27(47)33-23-28(48)38-24(30(49)50)13(10-53-29(23)38)11-54-31-34-35-36-37(31)7-20(41)42/h1-6,8,22-23,29,39-40H,7,9-11H2,(H,32,46)(H,33,47)(H,41,42)(H,43,44)(H,49,50)/t22?,23-,29-/m1/s1. The van der Waals surface area contributed by atoms with Crippen molar-refractivity contribution in [2.45, 2.75) is 29.2 Å². The van der Waals surface area contributed by atoms with Gasteiger partial charge in [-0.3, -0.25) is 28.9 Å². The third kappa shape index (κ3) is 7.47. The third-order valence-electron chi connectivity index (χ3n) is 7.93. The van der Waals surface area contributed by atoms with E-state index >= 15 is 0 Å². The van der Waals surface area contributed by atoms with Gasteiger partial charge in [0.1, 0.15) is 52.9 Å². The maximum Gasteiger partial charge on any atom is 0.352 e. The van der Waals surface area contributed by atoms with Crippen LogP contribution in [0.3, 0.4) is 0 Å². The largest absolute Gasteiger partial charge is 0.504 e. The molecule has 3 atom stereocenters. The average molecular weight is 784 g/mol. The molecule has 2 aliphatic rings. The Balaban J connectivity index is 1.23. The van der Waals surface area contributed by atoms with Crippen molar-refractivity contribution >= 4 is 70.1 Å². The Morgan fingerprint density at radius 1 is 1.04 bits per heavy atom. The smallest absolute Gasteiger partial charge is 0.352 e. The molecule has 6 rings (SSSR count). The number of phenols is 2. The van der Waals surface area contributed by atoms with Crippen LogP contribution in [0.4, 0.5) is 0 Å². The van der Waals surface area contributed by atoms with E-state index in [-0.39, 0.29) is 44.6 Å². The molecule has 21 nitrogen and oxygen atoms in total. The van der Waals surface area contributed by atoms with Crippen molar-refractivity contribution in [2.24, 2.45) is 0 Å². The Morgan fingerprint density at radius 2 is 1.76 bits per heavy atom. The first-order valence-corrected chi connectivity index (χ1v) is 17.3. The van der Waals surface area contributed by atoms with Crippen LogP contribution in [0.15, 0.2) is 68.3 Å². The van der Waals surface area contributed by atoms with Crippen LogP contribution in [-0.2, 0) is 30.5 Å². The van der Waals surface area contributed by atoms with Gasteiger partial charge in [-0.1, -0.05) is 23.9 Å². The van der Waals surface area contributed by atoms with Gasteiger partial charge in [0.15, 0.2) is 18.1 Å². The summed E-state index contributed by atoms with van der Waals surface area (Å²) < 4.78 is 11.5. The molecule has 7 N–H and O–H groups in total. The molecule has 0 radical (unpaired) electrons. The molecule has 2 aliphatic heterocycles. The van der Waals surface area contributed by atoms with Crippen LogP contribution in [0.5, 0.6) is 17.2 Å². The summed E-state index contributed by atoms with van der Waals surface area (Å²) >= 11 is 2.11. The van der Waals surface area contributed by atoms with Crippen LogP contribution in [0, 0.1) is 0 Å². The summed E-state index contributed by atoms with van der Waals surface area (Å²) in [4.78, 5) is 89.4. The molecule has 0 aliphatic carbocycles. The molecule has 3 amide bonds. The number of aromatic nitrogens is 4.